The van der Waals surface area contributed by atoms with E-state index in [0.717, 1.165) is 0 Å². The van der Waals surface area contributed by atoms with Gasteiger partial charge in [0.25, 0.3) is 0 Å². The number of carboxylic acid groups (broad SMARTS) is 1. The standard InChI is InChI=1S/C9H15N3O5/c1-5(11-8(10)16)6(13)12-9(7(14)15)2-3-17-4-9/h5H,2-4H2,1H3,(H,12,13)(H,14,15)(H3,10,11,16). The Balaban J connectivity index is 2.65. The van der Waals surface area contributed by atoms with Gasteiger partial charge in [-0.3, -0.25) is 4.79 Å². The molecule has 96 valence electrons. The maximum absolute atomic E-state index is 11.6. The van der Waals surface area contributed by atoms with E-state index in [-0.39, 0.29) is 19.6 Å². The summed E-state index contributed by atoms with van der Waals surface area (Å²) in [7, 11) is 0. The lowest BCUT2D eigenvalue weighted by molar-refractivity contribution is -0.147. The number of urea groups is 1. The van der Waals surface area contributed by atoms with Crippen molar-refractivity contribution < 1.29 is 24.2 Å². The van der Waals surface area contributed by atoms with Crippen LogP contribution in [0.3, 0.4) is 0 Å². The zero-order chi connectivity index (χ0) is 13.1. The molecular weight excluding hydrogens is 230 g/mol. The first-order chi connectivity index (χ1) is 7.87. The van der Waals surface area contributed by atoms with Crippen LogP contribution >= 0.6 is 0 Å². The lowest BCUT2D eigenvalue weighted by Crippen LogP contribution is -2.59. The molecule has 3 amide bonds. The minimum Gasteiger partial charge on any atom is -0.479 e. The second-order valence-corrected chi connectivity index (χ2v) is 3.91. The van der Waals surface area contributed by atoms with Gasteiger partial charge in [0.05, 0.1) is 6.61 Å². The van der Waals surface area contributed by atoms with Gasteiger partial charge in [0.15, 0.2) is 5.54 Å². The third-order valence-corrected chi connectivity index (χ3v) is 2.55. The minimum absolute atomic E-state index is 0.0859. The quantitative estimate of drug-likeness (QED) is 0.474. The van der Waals surface area contributed by atoms with E-state index in [1.165, 1.54) is 6.92 Å². The molecule has 2 atom stereocenters. The predicted octanol–water partition coefficient (Wildman–Crippen LogP) is -1.60. The van der Waals surface area contributed by atoms with E-state index in [1.54, 1.807) is 0 Å². The summed E-state index contributed by atoms with van der Waals surface area (Å²) < 4.78 is 4.98. The van der Waals surface area contributed by atoms with Crippen LogP contribution in [0.5, 0.6) is 0 Å². The number of carbonyl (C=O) groups is 3. The smallest absolute Gasteiger partial charge is 0.331 e. The number of hydrogen-bond acceptors (Lipinski definition) is 4. The highest BCUT2D eigenvalue weighted by molar-refractivity contribution is 5.91. The summed E-state index contributed by atoms with van der Waals surface area (Å²) in [5.41, 5.74) is 3.45. The molecule has 0 aromatic carbocycles. The molecule has 1 heterocycles. The Morgan fingerprint density at radius 1 is 1.47 bits per heavy atom. The summed E-state index contributed by atoms with van der Waals surface area (Å²) in [6.07, 6.45) is 0.192. The summed E-state index contributed by atoms with van der Waals surface area (Å²) in [6, 6.07) is -1.75. The van der Waals surface area contributed by atoms with Crippen LogP contribution in [0.25, 0.3) is 0 Å². The second-order valence-electron chi connectivity index (χ2n) is 3.91. The normalized spacial score (nSPS) is 25.0. The van der Waals surface area contributed by atoms with Gasteiger partial charge in [0, 0.05) is 13.0 Å². The van der Waals surface area contributed by atoms with Crippen molar-refractivity contribution in [3.63, 3.8) is 0 Å². The van der Waals surface area contributed by atoms with Crippen LogP contribution in [0.1, 0.15) is 13.3 Å². The Labute approximate surface area is 97.5 Å². The highest BCUT2D eigenvalue weighted by atomic mass is 16.5. The Morgan fingerprint density at radius 2 is 2.12 bits per heavy atom. The first-order valence-corrected chi connectivity index (χ1v) is 5.06. The van der Waals surface area contributed by atoms with Gasteiger partial charge in [-0.25, -0.2) is 9.59 Å². The Morgan fingerprint density at radius 3 is 2.53 bits per heavy atom. The van der Waals surface area contributed by atoms with Crippen LogP contribution in [0.15, 0.2) is 0 Å². The van der Waals surface area contributed by atoms with Crippen molar-refractivity contribution in [2.75, 3.05) is 13.2 Å². The van der Waals surface area contributed by atoms with Gasteiger partial charge >= 0.3 is 12.0 Å². The molecule has 0 aliphatic carbocycles. The SMILES string of the molecule is CC(NC(N)=O)C(=O)NC1(C(=O)O)CCOC1. The van der Waals surface area contributed by atoms with E-state index in [9.17, 15) is 14.4 Å². The fourth-order valence-corrected chi connectivity index (χ4v) is 1.51. The molecule has 0 aromatic rings. The number of amides is 3. The van der Waals surface area contributed by atoms with E-state index in [4.69, 9.17) is 15.6 Å². The van der Waals surface area contributed by atoms with Crippen LogP contribution in [-0.2, 0) is 14.3 Å². The molecule has 8 nitrogen and oxygen atoms in total. The first kappa shape index (κ1) is 13.2. The van der Waals surface area contributed by atoms with Crippen LogP contribution in [0, 0.1) is 0 Å². The molecule has 1 saturated heterocycles. The molecule has 0 saturated carbocycles. The molecule has 17 heavy (non-hydrogen) atoms. The molecule has 1 aliphatic rings. The monoisotopic (exact) mass is 245 g/mol. The van der Waals surface area contributed by atoms with E-state index in [0.29, 0.717) is 0 Å². The Hall–Kier alpha value is -1.83. The van der Waals surface area contributed by atoms with Crippen LogP contribution in [0.4, 0.5) is 4.79 Å². The molecule has 1 aliphatic heterocycles. The van der Waals surface area contributed by atoms with Gasteiger partial charge in [-0.05, 0) is 6.92 Å². The molecule has 1 fully saturated rings. The number of nitrogens with one attached hydrogen (secondary N) is 2. The third kappa shape index (κ3) is 3.06. The summed E-state index contributed by atoms with van der Waals surface area (Å²) in [5.74, 6) is -1.77. The van der Waals surface area contributed by atoms with Crippen molar-refractivity contribution in [2.45, 2.75) is 24.9 Å². The number of carboxylic acids is 1. The van der Waals surface area contributed by atoms with Crippen LogP contribution < -0.4 is 16.4 Å². The number of carbonyl (C=O) groups excluding carboxylic acids is 2. The molecule has 5 N–H and O–H groups in total. The fraction of sp³-hybridized carbons (Fsp3) is 0.667. The Bertz CT molecular complexity index is 338. The predicted molar refractivity (Wildman–Crippen MR) is 56.1 cm³/mol. The zero-order valence-electron chi connectivity index (χ0n) is 9.36. The number of rotatable bonds is 4. The maximum atomic E-state index is 11.6. The molecule has 0 aromatic heterocycles. The summed E-state index contributed by atoms with van der Waals surface area (Å²) in [4.78, 5) is 33.3. The van der Waals surface area contributed by atoms with Crippen molar-refractivity contribution in [3.8, 4) is 0 Å². The number of hydrogen-bond donors (Lipinski definition) is 4. The highest BCUT2D eigenvalue weighted by Crippen LogP contribution is 2.19. The van der Waals surface area contributed by atoms with Crippen molar-refractivity contribution in [1.29, 1.82) is 0 Å². The number of primary amides is 1. The van der Waals surface area contributed by atoms with Crippen molar-refractivity contribution in [1.82, 2.24) is 10.6 Å². The van der Waals surface area contributed by atoms with Crippen LogP contribution in [-0.4, -0.2) is 47.8 Å². The first-order valence-electron chi connectivity index (χ1n) is 5.06. The van der Waals surface area contributed by atoms with E-state index in [2.05, 4.69) is 10.6 Å². The molecule has 8 heteroatoms. The van der Waals surface area contributed by atoms with Gasteiger partial charge in [0.2, 0.25) is 5.91 Å². The number of nitrogens with two attached hydrogens (primary N) is 1. The van der Waals surface area contributed by atoms with Gasteiger partial charge in [-0.15, -0.1) is 0 Å². The fourth-order valence-electron chi connectivity index (χ4n) is 1.51. The average molecular weight is 245 g/mol. The number of aliphatic carboxylic acids is 1. The molecule has 0 radical (unpaired) electrons. The Kier molecular flexibility index (Phi) is 3.89. The van der Waals surface area contributed by atoms with E-state index >= 15 is 0 Å². The van der Waals surface area contributed by atoms with Gasteiger partial charge < -0.3 is 26.2 Å². The molecule has 2 unspecified atom stereocenters. The molecule has 0 spiro atoms. The van der Waals surface area contributed by atoms with E-state index < -0.39 is 29.5 Å². The van der Waals surface area contributed by atoms with Crippen molar-refractivity contribution in [3.05, 3.63) is 0 Å². The van der Waals surface area contributed by atoms with E-state index in [1.807, 2.05) is 0 Å². The topological polar surface area (TPSA) is 131 Å². The summed E-state index contributed by atoms with van der Waals surface area (Å²) in [6.45, 7) is 1.59. The largest absolute Gasteiger partial charge is 0.479 e. The van der Waals surface area contributed by atoms with Gasteiger partial charge in [-0.2, -0.15) is 0 Å². The molecule has 1 rings (SSSR count). The highest BCUT2D eigenvalue weighted by Gasteiger charge is 2.44. The van der Waals surface area contributed by atoms with Gasteiger partial charge in [-0.1, -0.05) is 0 Å². The summed E-state index contributed by atoms with van der Waals surface area (Å²) >= 11 is 0. The maximum Gasteiger partial charge on any atom is 0.331 e. The lowest BCUT2D eigenvalue weighted by atomic mass is 9.98. The van der Waals surface area contributed by atoms with Crippen molar-refractivity contribution in [2.24, 2.45) is 5.73 Å². The lowest BCUT2D eigenvalue weighted by Gasteiger charge is -2.25. The second kappa shape index (κ2) is 5.00. The number of ether oxygens (including phenoxy) is 1. The minimum atomic E-state index is -1.41. The van der Waals surface area contributed by atoms with Crippen LogP contribution in [0.2, 0.25) is 0 Å². The van der Waals surface area contributed by atoms with Gasteiger partial charge in [0.1, 0.15) is 6.04 Å². The van der Waals surface area contributed by atoms with Crippen molar-refractivity contribution >= 4 is 17.9 Å². The average Bonchev–Trinajstić information content (AvgIpc) is 2.66. The molecule has 0 bridgehead atoms. The zero-order valence-corrected chi connectivity index (χ0v) is 9.36. The third-order valence-electron chi connectivity index (χ3n) is 2.55. The summed E-state index contributed by atoms with van der Waals surface area (Å²) in [5, 5.41) is 13.6. The molecular formula is C9H15N3O5.